The molecule has 0 aliphatic heterocycles. The lowest BCUT2D eigenvalue weighted by Gasteiger charge is -2.05. The number of thiophene rings is 1. The summed E-state index contributed by atoms with van der Waals surface area (Å²) in [5.74, 6) is -1.08. The lowest BCUT2D eigenvalue weighted by Crippen LogP contribution is -2.20. The summed E-state index contributed by atoms with van der Waals surface area (Å²) in [5.41, 5.74) is 1.28. The van der Waals surface area contributed by atoms with Gasteiger partial charge in [-0.1, -0.05) is 6.07 Å². The van der Waals surface area contributed by atoms with Gasteiger partial charge >= 0.3 is 5.97 Å². The molecule has 3 rings (SSSR count). The maximum absolute atomic E-state index is 12.4. The van der Waals surface area contributed by atoms with Gasteiger partial charge in [-0.05, 0) is 42.7 Å². The van der Waals surface area contributed by atoms with Crippen molar-refractivity contribution in [1.82, 2.24) is 9.38 Å². The molecule has 6 heteroatoms. The minimum Gasteiger partial charge on any atom is -0.478 e. The summed E-state index contributed by atoms with van der Waals surface area (Å²) in [6, 6.07) is 6.90. The summed E-state index contributed by atoms with van der Waals surface area (Å²) in [6.45, 7) is 1.68. The van der Waals surface area contributed by atoms with Crippen LogP contribution in [0.3, 0.4) is 0 Å². The summed E-state index contributed by atoms with van der Waals surface area (Å²) in [4.78, 5) is 28.9. The number of hydrogen-bond donors (Lipinski definition) is 1. The standard InChI is InChI=1S/C16H12N2O3S/c1-10-13(6-5-12-3-2-8-22-12)17-14-7-4-11(16(20)21)9-18(14)15(10)19/h2-9H,1H3,(H,20,21)/b6-5+. The predicted molar refractivity (Wildman–Crippen MR) is 86.4 cm³/mol. The molecule has 0 bridgehead atoms. The molecule has 0 aromatic carbocycles. The monoisotopic (exact) mass is 312 g/mol. The zero-order valence-corrected chi connectivity index (χ0v) is 12.5. The van der Waals surface area contributed by atoms with Crippen molar-refractivity contribution in [1.29, 1.82) is 0 Å². The highest BCUT2D eigenvalue weighted by Crippen LogP contribution is 2.14. The Morgan fingerprint density at radius 1 is 1.32 bits per heavy atom. The quantitative estimate of drug-likeness (QED) is 0.807. The van der Waals surface area contributed by atoms with E-state index >= 15 is 0 Å². The first-order valence-corrected chi connectivity index (χ1v) is 7.42. The molecule has 5 nitrogen and oxygen atoms in total. The van der Waals surface area contributed by atoms with Crippen LogP contribution in [0.15, 0.2) is 40.6 Å². The molecular formula is C16H12N2O3S. The van der Waals surface area contributed by atoms with Crippen LogP contribution in [0.1, 0.15) is 26.5 Å². The van der Waals surface area contributed by atoms with Crippen molar-refractivity contribution in [3.63, 3.8) is 0 Å². The van der Waals surface area contributed by atoms with Gasteiger partial charge in [-0.3, -0.25) is 9.20 Å². The fourth-order valence-corrected chi connectivity index (χ4v) is 2.70. The Labute approximate surface area is 129 Å². The molecular weight excluding hydrogens is 300 g/mol. The number of carboxylic acids is 1. The second-order valence-electron chi connectivity index (χ2n) is 4.73. The van der Waals surface area contributed by atoms with E-state index < -0.39 is 5.97 Å². The van der Waals surface area contributed by atoms with Crippen LogP contribution in [-0.2, 0) is 0 Å². The molecule has 3 aromatic rings. The number of carboxylic acid groups (broad SMARTS) is 1. The van der Waals surface area contributed by atoms with E-state index in [9.17, 15) is 9.59 Å². The Bertz CT molecular complexity index is 940. The maximum atomic E-state index is 12.4. The van der Waals surface area contributed by atoms with E-state index in [-0.39, 0.29) is 11.1 Å². The summed E-state index contributed by atoms with van der Waals surface area (Å²) in [7, 11) is 0. The fourth-order valence-electron chi connectivity index (χ4n) is 2.08. The van der Waals surface area contributed by atoms with E-state index in [1.807, 2.05) is 23.6 Å². The number of aromatic nitrogens is 2. The summed E-state index contributed by atoms with van der Waals surface area (Å²) in [5, 5.41) is 11.0. The van der Waals surface area contributed by atoms with Crippen LogP contribution in [0.4, 0.5) is 0 Å². The Morgan fingerprint density at radius 3 is 2.82 bits per heavy atom. The van der Waals surface area contributed by atoms with Crippen LogP contribution in [0.5, 0.6) is 0 Å². The normalized spacial score (nSPS) is 11.3. The van der Waals surface area contributed by atoms with Gasteiger partial charge in [0.2, 0.25) is 0 Å². The van der Waals surface area contributed by atoms with Crippen LogP contribution < -0.4 is 5.56 Å². The second-order valence-corrected chi connectivity index (χ2v) is 5.71. The van der Waals surface area contributed by atoms with Crippen molar-refractivity contribution >= 4 is 35.1 Å². The second kappa shape index (κ2) is 5.57. The minimum atomic E-state index is -1.08. The first-order chi connectivity index (χ1) is 10.6. The SMILES string of the molecule is Cc1c(/C=C/c2cccs2)nc2ccc(C(=O)O)cn2c1=O. The van der Waals surface area contributed by atoms with Crippen molar-refractivity contribution in [2.75, 3.05) is 0 Å². The molecule has 3 heterocycles. The van der Waals surface area contributed by atoms with Crippen molar-refractivity contribution in [3.8, 4) is 0 Å². The molecule has 0 spiro atoms. The van der Waals surface area contributed by atoms with Gasteiger partial charge in [0.1, 0.15) is 5.65 Å². The van der Waals surface area contributed by atoms with Crippen molar-refractivity contribution in [2.24, 2.45) is 0 Å². The van der Waals surface area contributed by atoms with Gasteiger partial charge in [0.25, 0.3) is 5.56 Å². The predicted octanol–water partition coefficient (Wildman–Crippen LogP) is 2.93. The number of rotatable bonds is 3. The maximum Gasteiger partial charge on any atom is 0.337 e. The molecule has 110 valence electrons. The molecule has 1 N–H and O–H groups in total. The van der Waals surface area contributed by atoms with Gasteiger partial charge in [0, 0.05) is 16.6 Å². The number of aromatic carboxylic acids is 1. The molecule has 0 amide bonds. The van der Waals surface area contributed by atoms with Crippen LogP contribution in [0.2, 0.25) is 0 Å². The Hall–Kier alpha value is -2.73. The van der Waals surface area contributed by atoms with Crippen molar-refractivity contribution in [2.45, 2.75) is 6.92 Å². The van der Waals surface area contributed by atoms with E-state index in [1.165, 1.54) is 22.7 Å². The number of hydrogen-bond acceptors (Lipinski definition) is 4. The summed E-state index contributed by atoms with van der Waals surface area (Å²) < 4.78 is 1.27. The average molecular weight is 312 g/mol. The van der Waals surface area contributed by atoms with Crippen molar-refractivity contribution in [3.05, 3.63) is 67.9 Å². The molecule has 0 saturated carbocycles. The molecule has 0 aliphatic carbocycles. The Kier molecular flexibility index (Phi) is 3.60. The lowest BCUT2D eigenvalue weighted by atomic mass is 10.2. The van der Waals surface area contributed by atoms with E-state index in [0.29, 0.717) is 16.9 Å². The van der Waals surface area contributed by atoms with E-state index in [0.717, 1.165) is 4.88 Å². The number of carbonyl (C=O) groups is 1. The Balaban J connectivity index is 2.14. The number of nitrogens with zero attached hydrogens (tertiary/aromatic N) is 2. The third-order valence-electron chi connectivity index (χ3n) is 3.28. The van der Waals surface area contributed by atoms with Crippen LogP contribution in [0.25, 0.3) is 17.8 Å². The third-order valence-corrected chi connectivity index (χ3v) is 4.12. The van der Waals surface area contributed by atoms with E-state index in [1.54, 1.807) is 24.3 Å². The third kappa shape index (κ3) is 2.56. The highest BCUT2D eigenvalue weighted by Gasteiger charge is 2.09. The molecule has 22 heavy (non-hydrogen) atoms. The molecule has 0 radical (unpaired) electrons. The van der Waals surface area contributed by atoms with E-state index in [4.69, 9.17) is 5.11 Å². The van der Waals surface area contributed by atoms with Gasteiger partial charge in [-0.25, -0.2) is 9.78 Å². The minimum absolute atomic E-state index is 0.0534. The fraction of sp³-hybridized carbons (Fsp3) is 0.0625. The zero-order valence-electron chi connectivity index (χ0n) is 11.7. The molecule has 3 aromatic heterocycles. The van der Waals surface area contributed by atoms with Gasteiger partial charge in [-0.2, -0.15) is 0 Å². The first kappa shape index (κ1) is 14.2. The van der Waals surface area contributed by atoms with E-state index in [2.05, 4.69) is 4.98 Å². The number of fused-ring (bicyclic) bond motifs is 1. The molecule has 0 aliphatic rings. The first-order valence-electron chi connectivity index (χ1n) is 6.54. The average Bonchev–Trinajstić information content (AvgIpc) is 3.02. The van der Waals surface area contributed by atoms with Crippen LogP contribution in [-0.4, -0.2) is 20.5 Å². The summed E-state index contributed by atoms with van der Waals surface area (Å²) >= 11 is 1.60. The largest absolute Gasteiger partial charge is 0.478 e. The summed E-state index contributed by atoms with van der Waals surface area (Å²) in [6.07, 6.45) is 5.00. The number of pyridine rings is 1. The van der Waals surface area contributed by atoms with Crippen LogP contribution in [0, 0.1) is 6.92 Å². The van der Waals surface area contributed by atoms with Gasteiger partial charge in [0.05, 0.1) is 11.3 Å². The highest BCUT2D eigenvalue weighted by atomic mass is 32.1. The van der Waals surface area contributed by atoms with Gasteiger partial charge < -0.3 is 5.11 Å². The van der Waals surface area contributed by atoms with Gasteiger partial charge in [0.15, 0.2) is 0 Å². The molecule has 0 fully saturated rings. The molecule has 0 atom stereocenters. The zero-order chi connectivity index (χ0) is 15.7. The smallest absolute Gasteiger partial charge is 0.337 e. The topological polar surface area (TPSA) is 71.7 Å². The molecule has 0 saturated heterocycles. The highest BCUT2D eigenvalue weighted by molar-refractivity contribution is 7.10. The van der Waals surface area contributed by atoms with Crippen LogP contribution >= 0.6 is 11.3 Å². The Morgan fingerprint density at radius 2 is 2.14 bits per heavy atom. The molecule has 0 unspecified atom stereocenters. The van der Waals surface area contributed by atoms with Gasteiger partial charge in [-0.15, -0.1) is 11.3 Å². The van der Waals surface area contributed by atoms with Crippen molar-refractivity contribution < 1.29 is 9.90 Å². The lowest BCUT2D eigenvalue weighted by molar-refractivity contribution is 0.0696.